The molecule has 2 fully saturated rings. The van der Waals surface area contributed by atoms with Gasteiger partial charge in [-0.3, -0.25) is 4.79 Å². The molecule has 3 aromatic rings. The van der Waals surface area contributed by atoms with E-state index in [1.807, 2.05) is 0 Å². The molecule has 5 unspecified atom stereocenters. The molecule has 11 heteroatoms. The highest BCUT2D eigenvalue weighted by Crippen LogP contribution is 2.52. The minimum Gasteiger partial charge on any atom is -0.508 e. The smallest absolute Gasteiger partial charge is 0.238 e. The Morgan fingerprint density at radius 1 is 0.968 bits per heavy atom. The molecule has 1 saturated heterocycles. The molecule has 31 heavy (non-hydrogen) atoms. The van der Waals surface area contributed by atoms with Crippen LogP contribution in [0.4, 0.5) is 0 Å². The number of fused-ring (bicyclic) bond motifs is 2. The van der Waals surface area contributed by atoms with Crippen LogP contribution in [0.25, 0.3) is 22.3 Å². The van der Waals surface area contributed by atoms with E-state index in [1.54, 1.807) is 0 Å². The molecule has 0 bridgehead atoms. The first-order chi connectivity index (χ1) is 14.6. The summed E-state index contributed by atoms with van der Waals surface area (Å²) in [5, 5.41) is 69.7. The number of aromatic hydroxyl groups is 4. The Bertz CT molecular complexity index is 1270. The average molecular weight is 432 g/mol. The third kappa shape index (κ3) is 2.58. The lowest BCUT2D eigenvalue weighted by atomic mass is 10.1. The van der Waals surface area contributed by atoms with Crippen LogP contribution >= 0.6 is 0 Å². The Kier molecular flexibility index (Phi) is 3.92. The SMILES string of the molecule is O=c1c(O)c(-c2ccc(O)cc2)oc2c(OC3OC4C(O)C4(O)C3O)c(O)cc(O)c12. The monoisotopic (exact) mass is 432 g/mol. The topological polar surface area (TPSA) is 190 Å². The van der Waals surface area contributed by atoms with Gasteiger partial charge in [0.1, 0.15) is 29.1 Å². The third-order valence-electron chi connectivity index (χ3n) is 5.54. The highest BCUT2D eigenvalue weighted by molar-refractivity contribution is 5.93. The summed E-state index contributed by atoms with van der Waals surface area (Å²) in [5.41, 5.74) is -3.23. The van der Waals surface area contributed by atoms with Crippen molar-refractivity contribution in [1.29, 1.82) is 0 Å². The molecule has 2 aliphatic rings. The molecule has 0 amide bonds. The average Bonchev–Trinajstić information content (AvgIpc) is 3.14. The highest BCUT2D eigenvalue weighted by atomic mass is 16.7. The second-order valence-corrected chi connectivity index (χ2v) is 7.42. The van der Waals surface area contributed by atoms with Crippen LogP contribution < -0.4 is 10.2 Å². The number of phenolic OH excluding ortho intramolecular Hbond substituents is 3. The summed E-state index contributed by atoms with van der Waals surface area (Å²) in [6.07, 6.45) is -5.62. The summed E-state index contributed by atoms with van der Waals surface area (Å²) >= 11 is 0. The van der Waals surface area contributed by atoms with E-state index in [0.29, 0.717) is 0 Å². The predicted octanol–water partition coefficient (Wildman–Crippen LogP) is -0.147. The van der Waals surface area contributed by atoms with Gasteiger partial charge in [0, 0.05) is 11.6 Å². The molecule has 162 valence electrons. The van der Waals surface area contributed by atoms with E-state index < -0.39 is 69.6 Å². The molecule has 11 nitrogen and oxygen atoms in total. The minimum absolute atomic E-state index is 0.0725. The van der Waals surface area contributed by atoms with E-state index >= 15 is 0 Å². The molecule has 1 aromatic heterocycles. The van der Waals surface area contributed by atoms with Crippen LogP contribution in [0, 0.1) is 0 Å². The van der Waals surface area contributed by atoms with Gasteiger partial charge >= 0.3 is 0 Å². The van der Waals surface area contributed by atoms with E-state index in [1.165, 1.54) is 24.3 Å². The number of ether oxygens (including phenoxy) is 2. The lowest BCUT2D eigenvalue weighted by molar-refractivity contribution is -0.146. The summed E-state index contributed by atoms with van der Waals surface area (Å²) in [4.78, 5) is 12.7. The van der Waals surface area contributed by atoms with E-state index in [4.69, 9.17) is 13.9 Å². The Hall–Kier alpha value is -3.51. The molecule has 2 aromatic carbocycles. The molecule has 5 rings (SSSR count). The molecule has 0 radical (unpaired) electrons. The van der Waals surface area contributed by atoms with Crippen molar-refractivity contribution in [3.05, 3.63) is 40.6 Å². The van der Waals surface area contributed by atoms with Crippen LogP contribution in [0.15, 0.2) is 39.5 Å². The Balaban J connectivity index is 1.66. The van der Waals surface area contributed by atoms with E-state index in [9.17, 15) is 40.5 Å². The maximum Gasteiger partial charge on any atom is 0.238 e. The normalized spacial score (nSPS) is 29.1. The fourth-order valence-corrected chi connectivity index (χ4v) is 3.74. The van der Waals surface area contributed by atoms with Crippen molar-refractivity contribution < 1.29 is 49.6 Å². The van der Waals surface area contributed by atoms with E-state index in [0.717, 1.165) is 6.07 Å². The van der Waals surface area contributed by atoms with Crippen LogP contribution in [0.5, 0.6) is 28.7 Å². The van der Waals surface area contributed by atoms with Gasteiger partial charge in [-0.15, -0.1) is 0 Å². The van der Waals surface area contributed by atoms with E-state index in [2.05, 4.69) is 0 Å². The second-order valence-electron chi connectivity index (χ2n) is 7.42. The molecule has 1 saturated carbocycles. The standard InChI is InChI=1S/C20H16O11/c21-7-3-1-6(2-4-7)13-12(25)11(24)10-8(22)5-9(23)14(15(10)29-13)30-19-17(27)20(28)16(26)18(20)31-19/h1-5,16-19,21-23,25-28H. The van der Waals surface area contributed by atoms with Gasteiger partial charge in [0.15, 0.2) is 28.8 Å². The fraction of sp³-hybridized carbons (Fsp3) is 0.250. The molecular formula is C20H16O11. The van der Waals surface area contributed by atoms with Crippen molar-refractivity contribution in [2.75, 3.05) is 0 Å². The van der Waals surface area contributed by atoms with Crippen LogP contribution in [-0.4, -0.2) is 65.9 Å². The van der Waals surface area contributed by atoms with Crippen LogP contribution in [-0.2, 0) is 4.74 Å². The van der Waals surface area contributed by atoms with E-state index in [-0.39, 0.29) is 17.1 Å². The van der Waals surface area contributed by atoms with Gasteiger partial charge in [-0.2, -0.15) is 0 Å². The van der Waals surface area contributed by atoms with Gasteiger partial charge < -0.3 is 49.6 Å². The van der Waals surface area contributed by atoms with Crippen molar-refractivity contribution in [3.8, 4) is 40.1 Å². The van der Waals surface area contributed by atoms with Gasteiger partial charge in [0.2, 0.25) is 23.2 Å². The molecule has 7 N–H and O–H groups in total. The van der Waals surface area contributed by atoms with Gasteiger partial charge in [-0.1, -0.05) is 0 Å². The van der Waals surface area contributed by atoms with Crippen LogP contribution in [0.1, 0.15) is 0 Å². The van der Waals surface area contributed by atoms with Crippen molar-refractivity contribution >= 4 is 11.0 Å². The molecular weight excluding hydrogens is 416 g/mol. The van der Waals surface area contributed by atoms with Crippen molar-refractivity contribution in [2.24, 2.45) is 0 Å². The largest absolute Gasteiger partial charge is 0.508 e. The summed E-state index contributed by atoms with van der Waals surface area (Å²) in [6, 6.07) is 6.07. The number of aliphatic hydroxyl groups is 3. The first-order valence-electron chi connectivity index (χ1n) is 9.09. The fourth-order valence-electron chi connectivity index (χ4n) is 3.74. The zero-order valence-electron chi connectivity index (χ0n) is 15.5. The Labute approximate surface area is 172 Å². The number of rotatable bonds is 3. The summed E-state index contributed by atoms with van der Waals surface area (Å²) < 4.78 is 16.3. The van der Waals surface area contributed by atoms with Crippen molar-refractivity contribution in [2.45, 2.75) is 30.2 Å². The summed E-state index contributed by atoms with van der Waals surface area (Å²) in [5.74, 6) is -3.13. The number of hydrogen-bond donors (Lipinski definition) is 7. The number of hydrogen-bond acceptors (Lipinski definition) is 11. The first-order valence-corrected chi connectivity index (χ1v) is 9.09. The maximum atomic E-state index is 12.7. The maximum absolute atomic E-state index is 12.7. The second kappa shape index (κ2) is 6.25. The Morgan fingerprint density at radius 2 is 1.65 bits per heavy atom. The lowest BCUT2D eigenvalue weighted by Gasteiger charge is -2.22. The van der Waals surface area contributed by atoms with Crippen molar-refractivity contribution in [3.63, 3.8) is 0 Å². The van der Waals surface area contributed by atoms with Gasteiger partial charge in [0.05, 0.1) is 0 Å². The van der Waals surface area contributed by atoms with Crippen molar-refractivity contribution in [1.82, 2.24) is 0 Å². The minimum atomic E-state index is -1.93. The molecule has 2 heterocycles. The first kappa shape index (κ1) is 19.5. The summed E-state index contributed by atoms with van der Waals surface area (Å²) in [6.45, 7) is 0. The molecule has 1 aliphatic heterocycles. The lowest BCUT2D eigenvalue weighted by Crippen LogP contribution is -2.41. The number of aliphatic hydroxyl groups excluding tert-OH is 2. The van der Waals surface area contributed by atoms with Crippen LogP contribution in [0.2, 0.25) is 0 Å². The number of phenols is 3. The van der Waals surface area contributed by atoms with Crippen LogP contribution in [0.3, 0.4) is 0 Å². The quantitative estimate of drug-likeness (QED) is 0.291. The predicted molar refractivity (Wildman–Crippen MR) is 101 cm³/mol. The Morgan fingerprint density at radius 3 is 2.26 bits per heavy atom. The third-order valence-corrected chi connectivity index (χ3v) is 5.54. The van der Waals surface area contributed by atoms with Gasteiger partial charge in [-0.25, -0.2) is 0 Å². The zero-order valence-corrected chi connectivity index (χ0v) is 15.5. The molecule has 5 atom stereocenters. The molecule has 1 aliphatic carbocycles. The molecule has 0 spiro atoms. The number of benzene rings is 2. The summed E-state index contributed by atoms with van der Waals surface area (Å²) in [7, 11) is 0. The highest BCUT2D eigenvalue weighted by Gasteiger charge is 2.77. The van der Waals surface area contributed by atoms with Gasteiger partial charge in [-0.05, 0) is 24.3 Å². The zero-order chi connectivity index (χ0) is 22.2. The van der Waals surface area contributed by atoms with Gasteiger partial charge in [0.25, 0.3) is 0 Å².